The van der Waals surface area contributed by atoms with Gasteiger partial charge in [-0.2, -0.15) is 0 Å². The Labute approximate surface area is 164 Å². The van der Waals surface area contributed by atoms with Crippen molar-refractivity contribution >= 4 is 31.6 Å². The number of rotatable bonds is 6. The minimum absolute atomic E-state index is 0.0220. The quantitative estimate of drug-likeness (QED) is 0.753. The lowest BCUT2D eigenvalue weighted by atomic mass is 10.2. The number of hydrogen-bond acceptors (Lipinski definition) is 6. The molecule has 8 nitrogen and oxygen atoms in total. The van der Waals surface area contributed by atoms with Crippen molar-refractivity contribution in [2.75, 3.05) is 17.2 Å². The molecule has 1 amide bonds. The van der Waals surface area contributed by atoms with Gasteiger partial charge in [0.25, 0.3) is 0 Å². The number of benzene rings is 2. The highest BCUT2D eigenvalue weighted by Crippen LogP contribution is 2.28. The first-order chi connectivity index (χ1) is 13.1. The van der Waals surface area contributed by atoms with Crippen molar-refractivity contribution in [3.8, 4) is 5.75 Å². The van der Waals surface area contributed by atoms with Gasteiger partial charge >= 0.3 is 0 Å². The molecule has 28 heavy (non-hydrogen) atoms. The summed E-state index contributed by atoms with van der Waals surface area (Å²) in [6.45, 7) is 1.64. The molecule has 10 heteroatoms. The predicted octanol–water partition coefficient (Wildman–Crippen LogP) is 1.55. The van der Waals surface area contributed by atoms with Crippen molar-refractivity contribution in [2.24, 2.45) is 0 Å². The number of nitrogens with zero attached hydrogens (tertiary/aromatic N) is 1. The molecule has 1 N–H and O–H groups in total. The minimum atomic E-state index is -3.82. The zero-order chi connectivity index (χ0) is 20.5. The smallest absolute Gasteiger partial charge is 0.242 e. The average Bonchev–Trinajstić information content (AvgIpc) is 2.92. The highest BCUT2D eigenvalue weighted by atomic mass is 32.2. The first-order valence-electron chi connectivity index (χ1n) is 8.43. The second kappa shape index (κ2) is 7.53. The van der Waals surface area contributed by atoms with Gasteiger partial charge in [0.15, 0.2) is 0 Å². The van der Waals surface area contributed by atoms with Crippen LogP contribution in [0.5, 0.6) is 5.75 Å². The molecule has 0 unspecified atom stereocenters. The summed E-state index contributed by atoms with van der Waals surface area (Å²) < 4.78 is 57.7. The molecule has 1 fully saturated rings. The molecular weight excluding hydrogens is 404 g/mol. The van der Waals surface area contributed by atoms with E-state index in [1.165, 1.54) is 18.2 Å². The number of ether oxygens (including phenoxy) is 1. The Hall–Kier alpha value is -2.43. The molecule has 3 rings (SSSR count). The van der Waals surface area contributed by atoms with Crippen LogP contribution in [0.3, 0.4) is 0 Å². The molecule has 1 heterocycles. The molecule has 1 aliphatic heterocycles. The summed E-state index contributed by atoms with van der Waals surface area (Å²) in [5, 5.41) is 0. The molecule has 0 saturated carbocycles. The molecule has 0 spiro atoms. The lowest BCUT2D eigenvalue weighted by molar-refractivity contribution is -0.116. The maximum absolute atomic E-state index is 12.6. The van der Waals surface area contributed by atoms with Crippen molar-refractivity contribution in [1.82, 2.24) is 4.72 Å². The number of methoxy groups -OCH3 is 1. The largest absolute Gasteiger partial charge is 0.497 e. The zero-order valence-corrected chi connectivity index (χ0v) is 17.0. The Kier molecular flexibility index (Phi) is 5.46. The van der Waals surface area contributed by atoms with Crippen LogP contribution in [-0.2, 0) is 31.4 Å². The van der Waals surface area contributed by atoms with Gasteiger partial charge in [0, 0.05) is 13.0 Å². The predicted molar refractivity (Wildman–Crippen MR) is 104 cm³/mol. The average molecular weight is 425 g/mol. The monoisotopic (exact) mass is 424 g/mol. The summed E-state index contributed by atoms with van der Waals surface area (Å²) in [5.74, 6) is -0.0916. The number of aryl methyl sites for hydroxylation is 1. The van der Waals surface area contributed by atoms with Gasteiger partial charge in [0.1, 0.15) is 5.75 Å². The van der Waals surface area contributed by atoms with E-state index in [1.54, 1.807) is 38.3 Å². The summed E-state index contributed by atoms with van der Waals surface area (Å²) in [7, 11) is -5.97. The third-order valence-corrected chi connectivity index (χ3v) is 7.64. The van der Waals surface area contributed by atoms with E-state index in [-0.39, 0.29) is 29.3 Å². The molecule has 0 aromatic heterocycles. The van der Waals surface area contributed by atoms with Crippen LogP contribution < -0.4 is 13.8 Å². The van der Waals surface area contributed by atoms with Crippen molar-refractivity contribution in [3.05, 3.63) is 53.6 Å². The van der Waals surface area contributed by atoms with Crippen LogP contribution in [0.1, 0.15) is 17.5 Å². The molecule has 1 aliphatic rings. The van der Waals surface area contributed by atoms with E-state index in [0.717, 1.165) is 9.87 Å². The second-order valence-corrected chi connectivity index (χ2v) is 10.0. The Morgan fingerprint density at radius 3 is 2.36 bits per heavy atom. The van der Waals surface area contributed by atoms with Gasteiger partial charge < -0.3 is 4.74 Å². The van der Waals surface area contributed by atoms with Crippen LogP contribution >= 0.6 is 0 Å². The van der Waals surface area contributed by atoms with E-state index in [0.29, 0.717) is 11.3 Å². The molecular formula is C18H20N2O6S2. The fourth-order valence-corrected chi connectivity index (χ4v) is 5.62. The summed E-state index contributed by atoms with van der Waals surface area (Å²) in [6, 6.07) is 11.0. The van der Waals surface area contributed by atoms with Crippen LogP contribution in [0, 0.1) is 6.92 Å². The molecule has 2 aromatic rings. The molecule has 150 valence electrons. The first kappa shape index (κ1) is 20.3. The maximum atomic E-state index is 12.6. The number of amides is 1. The summed E-state index contributed by atoms with van der Waals surface area (Å²) in [4.78, 5) is 11.9. The molecule has 0 atom stereocenters. The van der Waals surface area contributed by atoms with Crippen molar-refractivity contribution in [3.63, 3.8) is 0 Å². The van der Waals surface area contributed by atoms with E-state index in [2.05, 4.69) is 4.72 Å². The third kappa shape index (κ3) is 4.03. The van der Waals surface area contributed by atoms with Gasteiger partial charge in [0.2, 0.25) is 26.0 Å². The van der Waals surface area contributed by atoms with Gasteiger partial charge in [-0.05, 0) is 48.4 Å². The number of sulfonamides is 2. The highest BCUT2D eigenvalue weighted by molar-refractivity contribution is 7.94. The van der Waals surface area contributed by atoms with Gasteiger partial charge in [-0.3, -0.25) is 4.79 Å². The summed E-state index contributed by atoms with van der Waals surface area (Å²) in [5.41, 5.74) is 1.25. The highest BCUT2D eigenvalue weighted by Gasteiger charge is 2.36. The number of anilines is 1. The van der Waals surface area contributed by atoms with Crippen molar-refractivity contribution < 1.29 is 26.4 Å². The summed E-state index contributed by atoms with van der Waals surface area (Å²) in [6.07, 6.45) is -0.0785. The number of hydrogen-bond donors (Lipinski definition) is 1. The van der Waals surface area contributed by atoms with Crippen LogP contribution in [0.15, 0.2) is 47.4 Å². The van der Waals surface area contributed by atoms with E-state index < -0.39 is 26.0 Å². The fourth-order valence-electron chi connectivity index (χ4n) is 2.93. The van der Waals surface area contributed by atoms with E-state index in [4.69, 9.17) is 4.74 Å². The standard InChI is InChI=1S/C18H20N2O6S2/c1-13-11-15(20-18(21)9-10-27(20,22)23)5-8-17(13)28(24,25)19-12-14-3-6-16(26-2)7-4-14/h3-8,11,19H,9-10,12H2,1-2H3. The Bertz CT molecular complexity index is 1110. The Balaban J connectivity index is 1.81. The van der Waals surface area contributed by atoms with Crippen LogP contribution in [0.2, 0.25) is 0 Å². The topological polar surface area (TPSA) is 110 Å². The van der Waals surface area contributed by atoms with E-state index in [1.807, 2.05) is 0 Å². The third-order valence-electron chi connectivity index (χ3n) is 4.39. The van der Waals surface area contributed by atoms with Crippen molar-refractivity contribution in [2.45, 2.75) is 24.8 Å². The van der Waals surface area contributed by atoms with Crippen molar-refractivity contribution in [1.29, 1.82) is 0 Å². The Morgan fingerprint density at radius 1 is 1.14 bits per heavy atom. The van der Waals surface area contributed by atoms with Crippen LogP contribution in [0.25, 0.3) is 0 Å². The first-order valence-corrected chi connectivity index (χ1v) is 11.5. The molecule has 0 aliphatic carbocycles. The van der Waals surface area contributed by atoms with Crippen LogP contribution in [-0.4, -0.2) is 35.6 Å². The lowest BCUT2D eigenvalue weighted by Crippen LogP contribution is -2.29. The van der Waals surface area contributed by atoms with Gasteiger partial charge in [-0.1, -0.05) is 12.1 Å². The molecule has 0 radical (unpaired) electrons. The molecule has 2 aromatic carbocycles. The zero-order valence-electron chi connectivity index (χ0n) is 15.4. The van der Waals surface area contributed by atoms with Gasteiger partial charge in [-0.25, -0.2) is 25.9 Å². The lowest BCUT2D eigenvalue weighted by Gasteiger charge is -2.17. The van der Waals surface area contributed by atoms with Gasteiger partial charge in [0.05, 0.1) is 23.4 Å². The van der Waals surface area contributed by atoms with E-state index >= 15 is 0 Å². The number of carbonyl (C=O) groups is 1. The minimum Gasteiger partial charge on any atom is -0.497 e. The molecule has 1 saturated heterocycles. The SMILES string of the molecule is COc1ccc(CNS(=O)(=O)c2ccc(N3C(=O)CCS3(=O)=O)cc2C)cc1. The second-order valence-electron chi connectivity index (χ2n) is 6.35. The van der Waals surface area contributed by atoms with Crippen LogP contribution in [0.4, 0.5) is 5.69 Å². The summed E-state index contributed by atoms with van der Waals surface area (Å²) >= 11 is 0. The number of nitrogens with one attached hydrogen (secondary N) is 1. The Morgan fingerprint density at radius 2 is 1.82 bits per heavy atom. The van der Waals surface area contributed by atoms with Gasteiger partial charge in [-0.15, -0.1) is 0 Å². The normalized spacial score (nSPS) is 16.4. The molecule has 0 bridgehead atoms. The van der Waals surface area contributed by atoms with E-state index in [9.17, 15) is 21.6 Å². The maximum Gasteiger partial charge on any atom is 0.242 e. The fraction of sp³-hybridized carbons (Fsp3) is 0.278. The number of carbonyl (C=O) groups excluding carboxylic acids is 1.